The van der Waals surface area contributed by atoms with Gasteiger partial charge in [-0.2, -0.15) is 11.8 Å². The number of rotatable bonds is 5. The van der Waals surface area contributed by atoms with E-state index < -0.39 is 0 Å². The summed E-state index contributed by atoms with van der Waals surface area (Å²) in [5.41, 5.74) is 0.675. The van der Waals surface area contributed by atoms with Crippen molar-refractivity contribution in [3.05, 3.63) is 27.9 Å². The number of aromatic amines is 1. The molecule has 1 saturated heterocycles. The fourth-order valence-electron chi connectivity index (χ4n) is 1.81. The third kappa shape index (κ3) is 3.83. The van der Waals surface area contributed by atoms with E-state index in [0.29, 0.717) is 12.4 Å². The maximum absolute atomic E-state index is 11.6. The number of thioether (sulfide) groups is 1. The van der Waals surface area contributed by atoms with Gasteiger partial charge in [-0.05, 0) is 13.0 Å². The Labute approximate surface area is 111 Å². The van der Waals surface area contributed by atoms with Crippen LogP contribution >= 0.6 is 11.8 Å². The van der Waals surface area contributed by atoms with E-state index in [-0.39, 0.29) is 11.7 Å². The summed E-state index contributed by atoms with van der Waals surface area (Å²) < 4.78 is 5.63. The molecule has 5 nitrogen and oxygen atoms in total. The monoisotopic (exact) mass is 269 g/mol. The molecule has 1 unspecified atom stereocenters. The van der Waals surface area contributed by atoms with Gasteiger partial charge < -0.3 is 15.0 Å². The lowest BCUT2D eigenvalue weighted by Gasteiger charge is -2.21. The van der Waals surface area contributed by atoms with Gasteiger partial charge in [-0.3, -0.25) is 4.79 Å². The Balaban J connectivity index is 2.07. The molecule has 0 spiro atoms. The number of ether oxygens (including phenoxy) is 1. The van der Waals surface area contributed by atoms with Crippen LogP contribution in [-0.2, 0) is 11.3 Å². The standard InChI is InChI=1S/C12H19N3O2S/c1-2-3-13-7-9-6-11(16)15-12(14-9)10-8-18-5-4-17-10/h6,10,13H,2-5,7-8H2,1H3,(H,14,15,16). The molecule has 0 amide bonds. The maximum Gasteiger partial charge on any atom is 0.251 e. The minimum atomic E-state index is -0.104. The summed E-state index contributed by atoms with van der Waals surface area (Å²) in [5, 5.41) is 3.25. The van der Waals surface area contributed by atoms with Crippen molar-refractivity contribution in [3.63, 3.8) is 0 Å². The second kappa shape index (κ2) is 6.92. The van der Waals surface area contributed by atoms with Crippen molar-refractivity contribution in [2.45, 2.75) is 26.0 Å². The molecule has 0 saturated carbocycles. The summed E-state index contributed by atoms with van der Waals surface area (Å²) in [4.78, 5) is 18.8. The molecule has 18 heavy (non-hydrogen) atoms. The summed E-state index contributed by atoms with van der Waals surface area (Å²) in [6, 6.07) is 1.54. The van der Waals surface area contributed by atoms with Crippen molar-refractivity contribution in [3.8, 4) is 0 Å². The summed E-state index contributed by atoms with van der Waals surface area (Å²) >= 11 is 1.83. The first kappa shape index (κ1) is 13.6. The minimum absolute atomic E-state index is 0.0809. The van der Waals surface area contributed by atoms with E-state index in [4.69, 9.17) is 4.74 Å². The van der Waals surface area contributed by atoms with Crippen molar-refractivity contribution in [2.24, 2.45) is 0 Å². The highest BCUT2D eigenvalue weighted by atomic mass is 32.2. The Morgan fingerprint density at radius 1 is 1.67 bits per heavy atom. The predicted octanol–water partition coefficient (Wildman–Crippen LogP) is 1.07. The SMILES string of the molecule is CCCNCc1cc(=O)[nH]c(C2CSCCO2)n1. The fraction of sp³-hybridized carbons (Fsp3) is 0.667. The van der Waals surface area contributed by atoms with Crippen LogP contribution in [0, 0.1) is 0 Å². The Morgan fingerprint density at radius 3 is 3.28 bits per heavy atom. The molecule has 0 radical (unpaired) electrons. The first-order chi connectivity index (χ1) is 8.79. The van der Waals surface area contributed by atoms with Gasteiger partial charge in [0, 0.05) is 24.1 Å². The Bertz CT molecular complexity index is 430. The Morgan fingerprint density at radius 2 is 2.56 bits per heavy atom. The summed E-state index contributed by atoms with van der Waals surface area (Å²) in [6.45, 7) is 4.39. The van der Waals surface area contributed by atoms with Crippen LogP contribution in [0.1, 0.15) is 31.0 Å². The molecule has 0 aliphatic carbocycles. The molecule has 0 aromatic carbocycles. The highest BCUT2D eigenvalue weighted by Crippen LogP contribution is 2.23. The third-order valence-corrected chi connectivity index (χ3v) is 3.66. The lowest BCUT2D eigenvalue weighted by molar-refractivity contribution is 0.0690. The van der Waals surface area contributed by atoms with Crippen LogP contribution in [0.3, 0.4) is 0 Å². The third-order valence-electron chi connectivity index (χ3n) is 2.67. The molecule has 100 valence electrons. The van der Waals surface area contributed by atoms with Crippen LogP contribution < -0.4 is 10.9 Å². The van der Waals surface area contributed by atoms with Crippen molar-refractivity contribution < 1.29 is 4.74 Å². The molecule has 1 fully saturated rings. The number of hydrogen-bond donors (Lipinski definition) is 2. The van der Waals surface area contributed by atoms with Crippen LogP contribution in [0.4, 0.5) is 0 Å². The van der Waals surface area contributed by atoms with Crippen LogP contribution in [0.5, 0.6) is 0 Å². The van der Waals surface area contributed by atoms with Gasteiger partial charge in [-0.15, -0.1) is 0 Å². The number of aromatic nitrogens is 2. The first-order valence-electron chi connectivity index (χ1n) is 6.30. The zero-order chi connectivity index (χ0) is 12.8. The average molecular weight is 269 g/mol. The quantitative estimate of drug-likeness (QED) is 0.783. The molecular weight excluding hydrogens is 250 g/mol. The van der Waals surface area contributed by atoms with Gasteiger partial charge in [0.15, 0.2) is 0 Å². The van der Waals surface area contributed by atoms with Gasteiger partial charge in [-0.1, -0.05) is 6.92 Å². The van der Waals surface area contributed by atoms with Gasteiger partial charge in [0.1, 0.15) is 11.9 Å². The molecule has 1 atom stereocenters. The highest BCUT2D eigenvalue weighted by Gasteiger charge is 2.19. The molecule has 2 rings (SSSR count). The largest absolute Gasteiger partial charge is 0.369 e. The zero-order valence-corrected chi connectivity index (χ0v) is 11.4. The molecule has 1 aromatic heterocycles. The molecule has 2 N–H and O–H groups in total. The van der Waals surface area contributed by atoms with Crippen molar-refractivity contribution in [1.82, 2.24) is 15.3 Å². The summed E-state index contributed by atoms with van der Waals surface area (Å²) in [6.07, 6.45) is 0.987. The van der Waals surface area contributed by atoms with Gasteiger partial charge in [0.2, 0.25) is 0 Å². The second-order valence-corrected chi connectivity index (χ2v) is 5.38. The maximum atomic E-state index is 11.6. The van der Waals surface area contributed by atoms with E-state index in [9.17, 15) is 4.79 Å². The van der Waals surface area contributed by atoms with Crippen LogP contribution in [0.15, 0.2) is 10.9 Å². The number of nitrogens with zero attached hydrogens (tertiary/aromatic N) is 1. The number of H-pyrrole nitrogens is 1. The lowest BCUT2D eigenvalue weighted by atomic mass is 10.3. The van der Waals surface area contributed by atoms with Crippen LogP contribution in [0.25, 0.3) is 0 Å². The highest BCUT2D eigenvalue weighted by molar-refractivity contribution is 7.99. The Kier molecular flexibility index (Phi) is 5.22. The van der Waals surface area contributed by atoms with E-state index in [2.05, 4.69) is 22.2 Å². The lowest BCUT2D eigenvalue weighted by Crippen LogP contribution is -2.24. The minimum Gasteiger partial charge on any atom is -0.369 e. The second-order valence-electron chi connectivity index (χ2n) is 4.23. The van der Waals surface area contributed by atoms with Crippen LogP contribution in [0.2, 0.25) is 0 Å². The molecule has 1 aliphatic rings. The molecule has 1 aliphatic heterocycles. The zero-order valence-electron chi connectivity index (χ0n) is 10.6. The number of nitrogens with one attached hydrogen (secondary N) is 2. The Hall–Kier alpha value is -0.850. The molecule has 1 aromatic rings. The number of hydrogen-bond acceptors (Lipinski definition) is 5. The predicted molar refractivity (Wildman–Crippen MR) is 72.9 cm³/mol. The summed E-state index contributed by atoms with van der Waals surface area (Å²) in [7, 11) is 0. The molecule has 6 heteroatoms. The molecule has 0 bridgehead atoms. The van der Waals surface area contributed by atoms with Gasteiger partial charge >= 0.3 is 0 Å². The fourth-order valence-corrected chi connectivity index (χ4v) is 2.66. The molecule has 2 heterocycles. The van der Waals surface area contributed by atoms with Crippen molar-refractivity contribution in [1.29, 1.82) is 0 Å². The van der Waals surface area contributed by atoms with Gasteiger partial charge in [0.25, 0.3) is 5.56 Å². The normalized spacial score (nSPS) is 19.9. The van der Waals surface area contributed by atoms with E-state index >= 15 is 0 Å². The van der Waals surface area contributed by atoms with Crippen LogP contribution in [-0.4, -0.2) is 34.6 Å². The average Bonchev–Trinajstić information content (AvgIpc) is 2.39. The molecular formula is C12H19N3O2S. The van der Waals surface area contributed by atoms with Gasteiger partial charge in [-0.25, -0.2) is 4.98 Å². The van der Waals surface area contributed by atoms with E-state index in [1.54, 1.807) is 6.07 Å². The van der Waals surface area contributed by atoms with Gasteiger partial charge in [0.05, 0.1) is 12.3 Å². The van der Waals surface area contributed by atoms with E-state index in [1.807, 2.05) is 11.8 Å². The van der Waals surface area contributed by atoms with Crippen molar-refractivity contribution >= 4 is 11.8 Å². The first-order valence-corrected chi connectivity index (χ1v) is 7.45. The smallest absolute Gasteiger partial charge is 0.251 e. The van der Waals surface area contributed by atoms with E-state index in [0.717, 1.165) is 36.8 Å². The topological polar surface area (TPSA) is 67.0 Å². The van der Waals surface area contributed by atoms with E-state index in [1.165, 1.54) is 0 Å². The van der Waals surface area contributed by atoms with Crippen molar-refractivity contribution in [2.75, 3.05) is 24.7 Å². The summed E-state index contributed by atoms with van der Waals surface area (Å²) in [5.74, 6) is 2.52.